The van der Waals surface area contributed by atoms with Crippen molar-refractivity contribution in [2.45, 2.75) is 24.3 Å². The molecule has 0 aliphatic rings. The van der Waals surface area contributed by atoms with Crippen LogP contribution in [0, 0.1) is 6.92 Å². The van der Waals surface area contributed by atoms with E-state index in [1.54, 1.807) is 14.0 Å². The highest BCUT2D eigenvalue weighted by molar-refractivity contribution is 7.98. The number of carboxylic acid groups (broad SMARTS) is 1. The average molecular weight is 385 g/mol. The van der Waals surface area contributed by atoms with E-state index in [1.165, 1.54) is 34.5 Å². The molecule has 0 spiro atoms. The highest BCUT2D eigenvalue weighted by atomic mass is 32.2. The summed E-state index contributed by atoms with van der Waals surface area (Å²) in [6.07, 6.45) is 1.99. The number of fused-ring (bicyclic) bond motifs is 1. The van der Waals surface area contributed by atoms with Crippen LogP contribution in [0.15, 0.2) is 27.9 Å². The maximum atomic E-state index is 12.5. The monoisotopic (exact) mass is 385 g/mol. The molecule has 0 aliphatic heterocycles. The van der Waals surface area contributed by atoms with Crippen molar-refractivity contribution in [2.24, 2.45) is 7.05 Å². The largest absolute Gasteiger partial charge is 0.480 e. The van der Waals surface area contributed by atoms with E-state index in [9.17, 15) is 23.1 Å². The Balaban J connectivity index is 2.44. The maximum Gasteiger partial charge on any atom is 0.321 e. The number of rotatable bonds is 7. The number of aryl methyl sites for hydroxylation is 2. The second kappa shape index (κ2) is 7.54. The topological polar surface area (TPSA) is 118 Å². The van der Waals surface area contributed by atoms with Crippen LogP contribution in [0.5, 0.6) is 0 Å². The summed E-state index contributed by atoms with van der Waals surface area (Å²) in [5.41, 5.74) is 0.829. The van der Waals surface area contributed by atoms with Gasteiger partial charge in [0.2, 0.25) is 10.0 Å². The molecule has 2 N–H and O–H groups in total. The minimum absolute atomic E-state index is 0.0963. The Morgan fingerprint density at radius 2 is 2.12 bits per heavy atom. The van der Waals surface area contributed by atoms with Crippen molar-refractivity contribution < 1.29 is 18.3 Å². The third kappa shape index (κ3) is 4.20. The first-order valence-electron chi connectivity index (χ1n) is 7.39. The van der Waals surface area contributed by atoms with Gasteiger partial charge in [-0.1, -0.05) is 0 Å². The zero-order chi connectivity index (χ0) is 18.8. The fourth-order valence-corrected chi connectivity index (χ4v) is 4.06. The van der Waals surface area contributed by atoms with Gasteiger partial charge in [0.15, 0.2) is 0 Å². The van der Waals surface area contributed by atoms with Gasteiger partial charge in [0.25, 0.3) is 5.56 Å². The van der Waals surface area contributed by atoms with Crippen molar-refractivity contribution >= 4 is 38.8 Å². The molecule has 136 valence electrons. The maximum absolute atomic E-state index is 12.5. The van der Waals surface area contributed by atoms with Gasteiger partial charge >= 0.3 is 5.97 Å². The molecule has 0 bridgehead atoms. The molecule has 1 heterocycles. The summed E-state index contributed by atoms with van der Waals surface area (Å²) >= 11 is 1.44. The van der Waals surface area contributed by atoms with Crippen LogP contribution in [0.3, 0.4) is 0 Å². The van der Waals surface area contributed by atoms with Gasteiger partial charge in [-0.2, -0.15) is 16.5 Å². The number of hydrogen-bond donors (Lipinski definition) is 2. The Morgan fingerprint density at radius 3 is 2.72 bits per heavy atom. The van der Waals surface area contributed by atoms with E-state index < -0.39 is 22.0 Å². The number of sulfonamides is 1. The van der Waals surface area contributed by atoms with Crippen molar-refractivity contribution in [2.75, 3.05) is 12.0 Å². The quantitative estimate of drug-likeness (QED) is 0.721. The normalized spacial score (nSPS) is 13.1. The van der Waals surface area contributed by atoms with Gasteiger partial charge in [0.1, 0.15) is 11.7 Å². The number of aliphatic carboxylic acids is 1. The minimum atomic E-state index is -4.03. The van der Waals surface area contributed by atoms with E-state index >= 15 is 0 Å². The molecular weight excluding hydrogens is 366 g/mol. The molecule has 1 aromatic carbocycles. The van der Waals surface area contributed by atoms with E-state index in [0.717, 1.165) is 0 Å². The summed E-state index contributed by atoms with van der Waals surface area (Å²) in [5.74, 6) is -0.713. The van der Waals surface area contributed by atoms with Gasteiger partial charge in [-0.3, -0.25) is 9.59 Å². The number of hydrogen-bond acceptors (Lipinski definition) is 6. The summed E-state index contributed by atoms with van der Waals surface area (Å²) in [6.45, 7) is 1.55. The molecule has 2 aromatic rings. The van der Waals surface area contributed by atoms with Crippen molar-refractivity contribution in [3.8, 4) is 0 Å². The third-order valence-corrected chi connectivity index (χ3v) is 5.84. The Hall–Kier alpha value is -1.91. The van der Waals surface area contributed by atoms with Gasteiger partial charge < -0.3 is 9.67 Å². The minimum Gasteiger partial charge on any atom is -0.480 e. The predicted octanol–water partition coefficient (Wildman–Crippen LogP) is 0.727. The van der Waals surface area contributed by atoms with Gasteiger partial charge in [-0.25, -0.2) is 13.4 Å². The van der Waals surface area contributed by atoms with E-state index in [0.29, 0.717) is 16.8 Å². The number of nitrogens with one attached hydrogen (secondary N) is 1. The molecule has 0 radical (unpaired) electrons. The molecule has 0 saturated carbocycles. The summed E-state index contributed by atoms with van der Waals surface area (Å²) in [7, 11) is -2.45. The van der Waals surface area contributed by atoms with Crippen LogP contribution in [0.2, 0.25) is 0 Å². The zero-order valence-corrected chi connectivity index (χ0v) is 15.6. The number of thioether (sulfide) groups is 1. The number of nitrogens with zero attached hydrogens (tertiary/aromatic N) is 2. The van der Waals surface area contributed by atoms with Crippen LogP contribution in [0.25, 0.3) is 11.0 Å². The van der Waals surface area contributed by atoms with Crippen LogP contribution in [-0.4, -0.2) is 47.1 Å². The second-order valence-electron chi connectivity index (χ2n) is 5.51. The van der Waals surface area contributed by atoms with Crippen LogP contribution >= 0.6 is 11.8 Å². The Labute approximate surface area is 149 Å². The zero-order valence-electron chi connectivity index (χ0n) is 14.0. The molecule has 0 saturated heterocycles. The van der Waals surface area contributed by atoms with Gasteiger partial charge in [0.05, 0.1) is 15.9 Å². The number of benzene rings is 1. The number of carbonyl (C=O) groups is 1. The van der Waals surface area contributed by atoms with Gasteiger partial charge in [0, 0.05) is 7.05 Å². The van der Waals surface area contributed by atoms with Crippen LogP contribution in [0.4, 0.5) is 0 Å². The first-order chi connectivity index (χ1) is 11.7. The first kappa shape index (κ1) is 19.4. The van der Waals surface area contributed by atoms with E-state index in [4.69, 9.17) is 0 Å². The molecule has 8 nitrogen and oxygen atoms in total. The van der Waals surface area contributed by atoms with E-state index in [2.05, 4.69) is 9.71 Å². The predicted molar refractivity (Wildman–Crippen MR) is 96.5 cm³/mol. The number of carboxylic acids is 1. The van der Waals surface area contributed by atoms with Gasteiger partial charge in [-0.15, -0.1) is 0 Å². The molecule has 0 amide bonds. The fourth-order valence-electron chi connectivity index (χ4n) is 2.35. The fraction of sp³-hybridized carbons (Fsp3) is 0.400. The van der Waals surface area contributed by atoms with Crippen molar-refractivity contribution in [1.82, 2.24) is 14.3 Å². The van der Waals surface area contributed by atoms with E-state index in [-0.39, 0.29) is 22.6 Å². The summed E-state index contributed by atoms with van der Waals surface area (Å²) in [5, 5.41) is 9.20. The van der Waals surface area contributed by atoms with Gasteiger partial charge in [-0.05, 0) is 43.6 Å². The first-order valence-corrected chi connectivity index (χ1v) is 10.3. The van der Waals surface area contributed by atoms with Crippen LogP contribution < -0.4 is 10.3 Å². The molecule has 25 heavy (non-hydrogen) atoms. The number of aromatic nitrogens is 2. The highest BCUT2D eigenvalue weighted by Gasteiger charge is 2.25. The summed E-state index contributed by atoms with van der Waals surface area (Å²) in [6, 6.07) is 2.93. The molecule has 1 aromatic heterocycles. The molecular formula is C15H19N3O5S2. The Kier molecular flexibility index (Phi) is 5.86. The smallest absolute Gasteiger partial charge is 0.321 e. The Bertz CT molecular complexity index is 969. The molecule has 0 unspecified atom stereocenters. The summed E-state index contributed by atoms with van der Waals surface area (Å²) in [4.78, 5) is 27.2. The molecule has 2 rings (SSSR count). The lowest BCUT2D eigenvalue weighted by molar-refractivity contribution is -0.139. The Morgan fingerprint density at radius 1 is 1.44 bits per heavy atom. The van der Waals surface area contributed by atoms with Crippen molar-refractivity contribution in [3.63, 3.8) is 0 Å². The molecule has 0 aliphatic carbocycles. The lowest BCUT2D eigenvalue weighted by Crippen LogP contribution is -2.41. The van der Waals surface area contributed by atoms with Crippen LogP contribution in [0.1, 0.15) is 12.1 Å². The standard InChI is InChI=1S/C15H19N3O5S2/c1-9-14(19)18(2)13-5-4-10(8-12(13)16-9)25(22,23)17-11(15(20)21)6-7-24-3/h4-5,8,11,17H,6-7H2,1-3H3,(H,20,21)/t11-/m1/s1. The lowest BCUT2D eigenvalue weighted by atomic mass is 10.2. The third-order valence-electron chi connectivity index (χ3n) is 3.73. The van der Waals surface area contributed by atoms with Crippen molar-refractivity contribution in [1.29, 1.82) is 0 Å². The highest BCUT2D eigenvalue weighted by Crippen LogP contribution is 2.17. The van der Waals surface area contributed by atoms with Crippen molar-refractivity contribution in [3.05, 3.63) is 34.2 Å². The summed E-state index contributed by atoms with van der Waals surface area (Å²) < 4.78 is 28.6. The van der Waals surface area contributed by atoms with E-state index in [1.807, 2.05) is 6.26 Å². The molecule has 0 fully saturated rings. The average Bonchev–Trinajstić information content (AvgIpc) is 2.55. The lowest BCUT2D eigenvalue weighted by Gasteiger charge is -2.15. The SMILES string of the molecule is CSCC[C@@H](NS(=O)(=O)c1ccc2c(c1)nc(C)c(=O)n2C)C(=O)O. The molecule has 1 atom stereocenters. The van der Waals surface area contributed by atoms with Crippen LogP contribution in [-0.2, 0) is 21.9 Å². The molecule has 10 heteroatoms. The second-order valence-corrected chi connectivity index (χ2v) is 8.21.